The Labute approximate surface area is 125 Å². The normalized spacial score (nSPS) is 10.7. The van der Waals surface area contributed by atoms with Gasteiger partial charge in [-0.05, 0) is 48.1 Å². The number of aryl methyl sites for hydroxylation is 3. The quantitative estimate of drug-likeness (QED) is 0.724. The lowest BCUT2D eigenvalue weighted by atomic mass is 9.89. The van der Waals surface area contributed by atoms with Crippen molar-refractivity contribution in [1.29, 1.82) is 0 Å². The Balaban J connectivity index is 2.62. The van der Waals surface area contributed by atoms with Gasteiger partial charge in [0.1, 0.15) is 5.82 Å². The van der Waals surface area contributed by atoms with Crippen molar-refractivity contribution >= 4 is 5.78 Å². The Morgan fingerprint density at radius 2 is 1.52 bits per heavy atom. The molecule has 0 aliphatic carbocycles. The molecule has 0 bridgehead atoms. The Morgan fingerprint density at radius 1 is 0.952 bits per heavy atom. The highest BCUT2D eigenvalue weighted by Crippen LogP contribution is 2.24. The molecule has 0 N–H and O–H groups in total. The van der Waals surface area contributed by atoms with Crippen LogP contribution in [0, 0.1) is 5.82 Å². The van der Waals surface area contributed by atoms with Crippen LogP contribution in [0.5, 0.6) is 0 Å². The van der Waals surface area contributed by atoms with Crippen molar-refractivity contribution in [2.24, 2.45) is 0 Å². The van der Waals surface area contributed by atoms with Gasteiger partial charge in [-0.15, -0.1) is 0 Å². The van der Waals surface area contributed by atoms with Crippen molar-refractivity contribution in [3.63, 3.8) is 0 Å². The molecule has 0 saturated carbocycles. The molecule has 2 aromatic rings. The monoisotopic (exact) mass is 284 g/mol. The van der Waals surface area contributed by atoms with E-state index in [1.54, 1.807) is 18.2 Å². The molecule has 2 heteroatoms. The average molecular weight is 284 g/mol. The molecular formula is C19H21FO. The molecule has 0 amide bonds. The van der Waals surface area contributed by atoms with Crippen molar-refractivity contribution in [2.45, 2.75) is 40.0 Å². The minimum absolute atomic E-state index is 0.158. The summed E-state index contributed by atoms with van der Waals surface area (Å²) in [6.07, 6.45) is 2.49. The molecule has 0 radical (unpaired) electrons. The fourth-order valence-corrected chi connectivity index (χ4v) is 2.67. The van der Waals surface area contributed by atoms with E-state index in [9.17, 15) is 9.18 Å². The summed E-state index contributed by atoms with van der Waals surface area (Å²) < 4.78 is 13.9. The number of benzene rings is 2. The molecule has 0 aliphatic rings. The second kappa shape index (κ2) is 6.66. The Bertz CT molecular complexity index is 633. The Morgan fingerprint density at radius 3 is 2.00 bits per heavy atom. The lowest BCUT2D eigenvalue weighted by Crippen LogP contribution is -2.11. The number of carbonyl (C=O) groups is 1. The van der Waals surface area contributed by atoms with E-state index in [0.717, 1.165) is 30.4 Å². The SMILES string of the molecule is CCc1cc(CC)c(C(=O)c2ccccc2F)c(CC)c1. The van der Waals surface area contributed by atoms with E-state index >= 15 is 0 Å². The largest absolute Gasteiger partial charge is 0.288 e. The summed E-state index contributed by atoms with van der Waals surface area (Å²) in [6.45, 7) is 6.17. The smallest absolute Gasteiger partial charge is 0.196 e. The van der Waals surface area contributed by atoms with Crippen LogP contribution in [0.3, 0.4) is 0 Å². The molecule has 0 atom stereocenters. The van der Waals surface area contributed by atoms with Gasteiger partial charge in [0, 0.05) is 5.56 Å². The van der Waals surface area contributed by atoms with E-state index in [0.29, 0.717) is 5.56 Å². The van der Waals surface area contributed by atoms with E-state index in [-0.39, 0.29) is 11.3 Å². The van der Waals surface area contributed by atoms with E-state index in [1.807, 2.05) is 13.8 Å². The van der Waals surface area contributed by atoms with Crippen LogP contribution in [-0.2, 0) is 19.3 Å². The number of carbonyl (C=O) groups excluding carboxylic acids is 1. The van der Waals surface area contributed by atoms with E-state index < -0.39 is 5.82 Å². The van der Waals surface area contributed by atoms with Crippen LogP contribution < -0.4 is 0 Å². The molecular weight excluding hydrogens is 263 g/mol. The molecule has 0 heterocycles. The number of halogens is 1. The topological polar surface area (TPSA) is 17.1 Å². The second-order valence-electron chi connectivity index (χ2n) is 5.16. The van der Waals surface area contributed by atoms with Gasteiger partial charge in [0.25, 0.3) is 0 Å². The molecule has 110 valence electrons. The van der Waals surface area contributed by atoms with Gasteiger partial charge < -0.3 is 0 Å². The van der Waals surface area contributed by atoms with Gasteiger partial charge >= 0.3 is 0 Å². The van der Waals surface area contributed by atoms with Gasteiger partial charge in [0.15, 0.2) is 5.78 Å². The molecule has 0 fully saturated rings. The highest BCUT2D eigenvalue weighted by Gasteiger charge is 2.20. The first-order valence-electron chi connectivity index (χ1n) is 7.56. The van der Waals surface area contributed by atoms with Crippen molar-refractivity contribution < 1.29 is 9.18 Å². The van der Waals surface area contributed by atoms with Crippen LogP contribution in [0.4, 0.5) is 4.39 Å². The van der Waals surface area contributed by atoms with Crippen molar-refractivity contribution in [3.8, 4) is 0 Å². The fourth-order valence-electron chi connectivity index (χ4n) is 2.67. The summed E-state index contributed by atoms with van der Waals surface area (Å²) in [7, 11) is 0. The second-order valence-corrected chi connectivity index (χ2v) is 5.16. The van der Waals surface area contributed by atoms with E-state index in [4.69, 9.17) is 0 Å². The molecule has 2 aromatic carbocycles. The lowest BCUT2D eigenvalue weighted by molar-refractivity contribution is 0.103. The summed E-state index contributed by atoms with van der Waals surface area (Å²) in [6, 6.07) is 10.4. The highest BCUT2D eigenvalue weighted by molar-refractivity contribution is 6.11. The molecule has 0 aromatic heterocycles. The molecule has 2 rings (SSSR count). The van der Waals surface area contributed by atoms with Gasteiger partial charge in [0.2, 0.25) is 0 Å². The molecule has 0 spiro atoms. The molecule has 0 aliphatic heterocycles. The van der Waals surface area contributed by atoms with Crippen LogP contribution in [0.15, 0.2) is 36.4 Å². The predicted molar refractivity (Wildman–Crippen MR) is 84.4 cm³/mol. The van der Waals surface area contributed by atoms with Crippen LogP contribution in [0.1, 0.15) is 53.4 Å². The molecule has 21 heavy (non-hydrogen) atoms. The standard InChI is InChI=1S/C19H21FO/c1-4-13-11-14(5-2)18(15(6-3)12-13)19(21)16-9-7-8-10-17(16)20/h7-12H,4-6H2,1-3H3. The first kappa shape index (κ1) is 15.4. The number of hydrogen-bond donors (Lipinski definition) is 0. The van der Waals surface area contributed by atoms with Crippen LogP contribution in [0.2, 0.25) is 0 Å². The van der Waals surface area contributed by atoms with Gasteiger partial charge in [-0.3, -0.25) is 4.79 Å². The summed E-state index contributed by atoms with van der Waals surface area (Å²) in [5.41, 5.74) is 4.10. The number of rotatable bonds is 5. The minimum Gasteiger partial charge on any atom is -0.288 e. The number of hydrogen-bond acceptors (Lipinski definition) is 1. The number of ketones is 1. The van der Waals surface area contributed by atoms with Gasteiger partial charge in [-0.2, -0.15) is 0 Å². The van der Waals surface area contributed by atoms with Crippen LogP contribution in [0.25, 0.3) is 0 Å². The van der Waals surface area contributed by atoms with Crippen molar-refractivity contribution in [1.82, 2.24) is 0 Å². The van der Waals surface area contributed by atoms with E-state index in [1.165, 1.54) is 11.6 Å². The maximum Gasteiger partial charge on any atom is 0.196 e. The van der Waals surface area contributed by atoms with Crippen LogP contribution >= 0.6 is 0 Å². The van der Waals surface area contributed by atoms with E-state index in [2.05, 4.69) is 19.1 Å². The summed E-state index contributed by atoms with van der Waals surface area (Å²) >= 11 is 0. The predicted octanol–water partition coefficient (Wildman–Crippen LogP) is 4.74. The first-order valence-corrected chi connectivity index (χ1v) is 7.56. The zero-order valence-electron chi connectivity index (χ0n) is 12.9. The van der Waals surface area contributed by atoms with Gasteiger partial charge in [-0.1, -0.05) is 45.0 Å². The highest BCUT2D eigenvalue weighted by atomic mass is 19.1. The van der Waals surface area contributed by atoms with Gasteiger partial charge in [0.05, 0.1) is 5.56 Å². The lowest BCUT2D eigenvalue weighted by Gasteiger charge is -2.15. The third kappa shape index (κ3) is 3.05. The summed E-state index contributed by atoms with van der Waals surface area (Å²) in [5.74, 6) is -0.657. The van der Waals surface area contributed by atoms with Gasteiger partial charge in [-0.25, -0.2) is 4.39 Å². The van der Waals surface area contributed by atoms with Crippen LogP contribution in [-0.4, -0.2) is 5.78 Å². The maximum atomic E-state index is 13.9. The van der Waals surface area contributed by atoms with Crippen molar-refractivity contribution in [2.75, 3.05) is 0 Å². The fraction of sp³-hybridized carbons (Fsp3) is 0.316. The summed E-state index contributed by atoms with van der Waals surface area (Å²) in [5, 5.41) is 0. The Kier molecular flexibility index (Phi) is 4.89. The Hall–Kier alpha value is -1.96. The third-order valence-corrected chi connectivity index (χ3v) is 3.88. The van der Waals surface area contributed by atoms with Crippen molar-refractivity contribution in [3.05, 3.63) is 70.0 Å². The molecule has 0 saturated heterocycles. The maximum absolute atomic E-state index is 13.9. The first-order chi connectivity index (χ1) is 10.1. The zero-order valence-corrected chi connectivity index (χ0v) is 12.9. The minimum atomic E-state index is -0.453. The molecule has 0 unspecified atom stereocenters. The summed E-state index contributed by atoms with van der Waals surface area (Å²) in [4.78, 5) is 12.8. The molecule has 1 nitrogen and oxygen atoms in total. The zero-order chi connectivity index (χ0) is 15.4. The average Bonchev–Trinajstić information content (AvgIpc) is 2.53. The third-order valence-electron chi connectivity index (χ3n) is 3.88.